The smallest absolute Gasteiger partial charge is 0.251 e. The molecule has 1 unspecified atom stereocenters. The molecule has 0 radical (unpaired) electrons. The number of ether oxygens (including phenoxy) is 1. The number of aliphatic imine (C=N–C) groups is 1. The molecule has 150 valence electrons. The third-order valence-electron chi connectivity index (χ3n) is 4.05. The van der Waals surface area contributed by atoms with Gasteiger partial charge in [0.25, 0.3) is 5.91 Å². The van der Waals surface area contributed by atoms with Gasteiger partial charge in [-0.1, -0.05) is 23.7 Å². The normalized spacial score (nSPS) is 12.2. The van der Waals surface area contributed by atoms with Gasteiger partial charge < -0.3 is 20.7 Å². The second-order valence-electron chi connectivity index (χ2n) is 6.29. The van der Waals surface area contributed by atoms with Gasteiger partial charge in [-0.15, -0.1) is 0 Å². The summed E-state index contributed by atoms with van der Waals surface area (Å²) in [4.78, 5) is 15.9. The number of halogens is 1. The second-order valence-corrected chi connectivity index (χ2v) is 6.73. The summed E-state index contributed by atoms with van der Waals surface area (Å²) in [6.07, 6.45) is 0.742. The van der Waals surface area contributed by atoms with Crippen molar-refractivity contribution in [1.29, 1.82) is 0 Å². The van der Waals surface area contributed by atoms with Crippen LogP contribution in [0.4, 0.5) is 0 Å². The quantitative estimate of drug-likeness (QED) is 0.469. The van der Waals surface area contributed by atoms with Crippen molar-refractivity contribution in [2.75, 3.05) is 27.2 Å². The molecule has 7 heteroatoms. The number of nitrogens with one attached hydrogen (secondary N) is 3. The summed E-state index contributed by atoms with van der Waals surface area (Å²) in [5, 5.41) is 9.84. The van der Waals surface area contributed by atoms with Gasteiger partial charge in [0.1, 0.15) is 11.9 Å². The molecule has 0 aromatic heterocycles. The van der Waals surface area contributed by atoms with E-state index in [-0.39, 0.29) is 12.0 Å². The Balaban J connectivity index is 1.75. The molecule has 0 aliphatic carbocycles. The van der Waals surface area contributed by atoms with Gasteiger partial charge in [-0.3, -0.25) is 9.79 Å². The van der Waals surface area contributed by atoms with Gasteiger partial charge in [-0.05, 0) is 55.3 Å². The molecular weight excluding hydrogens is 376 g/mol. The number of carbonyl (C=O) groups is 1. The molecule has 1 atom stereocenters. The van der Waals surface area contributed by atoms with Crippen LogP contribution in [0, 0.1) is 0 Å². The van der Waals surface area contributed by atoms with E-state index < -0.39 is 0 Å². The molecule has 0 aliphatic rings. The van der Waals surface area contributed by atoms with Crippen molar-refractivity contribution < 1.29 is 9.53 Å². The van der Waals surface area contributed by atoms with Crippen LogP contribution in [0.2, 0.25) is 5.02 Å². The fraction of sp³-hybridized carbons (Fsp3) is 0.333. The summed E-state index contributed by atoms with van der Waals surface area (Å²) >= 11 is 5.88. The fourth-order valence-corrected chi connectivity index (χ4v) is 2.71. The summed E-state index contributed by atoms with van der Waals surface area (Å²) in [7, 11) is 3.36. The molecule has 2 aromatic carbocycles. The molecule has 6 nitrogen and oxygen atoms in total. The van der Waals surface area contributed by atoms with Crippen molar-refractivity contribution in [2.24, 2.45) is 4.99 Å². The Morgan fingerprint density at radius 2 is 1.93 bits per heavy atom. The Morgan fingerprint density at radius 1 is 1.18 bits per heavy atom. The van der Waals surface area contributed by atoms with Crippen LogP contribution in [-0.2, 0) is 6.42 Å². The summed E-state index contributed by atoms with van der Waals surface area (Å²) in [6.45, 7) is 3.29. The number of carbonyl (C=O) groups excluding carboxylic acids is 1. The van der Waals surface area contributed by atoms with Crippen molar-refractivity contribution in [3.63, 3.8) is 0 Å². The molecule has 0 saturated heterocycles. The summed E-state index contributed by atoms with van der Waals surface area (Å²) < 4.78 is 5.84. The van der Waals surface area contributed by atoms with Crippen LogP contribution in [0.1, 0.15) is 22.8 Å². The van der Waals surface area contributed by atoms with Crippen LogP contribution in [0.15, 0.2) is 53.5 Å². The van der Waals surface area contributed by atoms with Crippen molar-refractivity contribution in [1.82, 2.24) is 16.0 Å². The zero-order valence-electron chi connectivity index (χ0n) is 16.5. The van der Waals surface area contributed by atoms with E-state index in [1.807, 2.05) is 37.3 Å². The predicted molar refractivity (Wildman–Crippen MR) is 114 cm³/mol. The van der Waals surface area contributed by atoms with E-state index in [4.69, 9.17) is 16.3 Å². The van der Waals surface area contributed by atoms with Gasteiger partial charge in [0, 0.05) is 31.2 Å². The number of benzene rings is 2. The van der Waals surface area contributed by atoms with Crippen LogP contribution in [0.5, 0.6) is 5.75 Å². The fourth-order valence-electron chi connectivity index (χ4n) is 2.59. The third-order valence-corrected chi connectivity index (χ3v) is 4.31. The first kappa shape index (κ1) is 21.6. The maximum absolute atomic E-state index is 11.7. The van der Waals surface area contributed by atoms with Crippen molar-refractivity contribution in [2.45, 2.75) is 19.4 Å². The number of amides is 1. The average molecular weight is 403 g/mol. The van der Waals surface area contributed by atoms with E-state index >= 15 is 0 Å². The van der Waals surface area contributed by atoms with Gasteiger partial charge in [0.05, 0.1) is 6.54 Å². The second kappa shape index (κ2) is 11.2. The number of guanidine groups is 1. The van der Waals surface area contributed by atoms with Gasteiger partial charge in [0.15, 0.2) is 5.96 Å². The van der Waals surface area contributed by atoms with Crippen LogP contribution >= 0.6 is 11.6 Å². The predicted octanol–water partition coefficient (Wildman–Crippen LogP) is 2.87. The molecule has 0 bridgehead atoms. The molecule has 0 saturated carbocycles. The summed E-state index contributed by atoms with van der Waals surface area (Å²) in [6, 6.07) is 14.9. The van der Waals surface area contributed by atoms with E-state index in [0.29, 0.717) is 29.6 Å². The minimum atomic E-state index is -0.0815. The number of nitrogens with zero attached hydrogens (tertiary/aromatic N) is 1. The minimum absolute atomic E-state index is 0.0380. The first-order valence-electron chi connectivity index (χ1n) is 9.19. The maximum Gasteiger partial charge on any atom is 0.251 e. The average Bonchev–Trinajstić information content (AvgIpc) is 2.71. The lowest BCUT2D eigenvalue weighted by molar-refractivity contribution is 0.0963. The molecule has 0 heterocycles. The Kier molecular flexibility index (Phi) is 8.62. The highest BCUT2D eigenvalue weighted by Gasteiger charge is 2.07. The maximum atomic E-state index is 11.7. The summed E-state index contributed by atoms with van der Waals surface area (Å²) in [5.74, 6) is 1.40. The zero-order chi connectivity index (χ0) is 20.4. The zero-order valence-corrected chi connectivity index (χ0v) is 17.2. The van der Waals surface area contributed by atoms with E-state index in [2.05, 4.69) is 20.9 Å². The lowest BCUT2D eigenvalue weighted by Crippen LogP contribution is -2.42. The third kappa shape index (κ3) is 7.12. The Labute approximate surface area is 171 Å². The molecule has 2 rings (SSSR count). The van der Waals surface area contributed by atoms with Crippen LogP contribution in [-0.4, -0.2) is 45.2 Å². The lowest BCUT2D eigenvalue weighted by Gasteiger charge is -2.18. The molecule has 0 fully saturated rings. The van der Waals surface area contributed by atoms with E-state index in [1.54, 1.807) is 32.3 Å². The van der Waals surface area contributed by atoms with Crippen LogP contribution in [0.3, 0.4) is 0 Å². The van der Waals surface area contributed by atoms with E-state index in [1.165, 1.54) is 0 Å². The van der Waals surface area contributed by atoms with Gasteiger partial charge in [-0.2, -0.15) is 0 Å². The topological polar surface area (TPSA) is 74.8 Å². The van der Waals surface area contributed by atoms with Crippen LogP contribution in [0.25, 0.3) is 0 Å². The summed E-state index contributed by atoms with van der Waals surface area (Å²) in [5.41, 5.74) is 1.75. The molecule has 1 amide bonds. The van der Waals surface area contributed by atoms with E-state index in [9.17, 15) is 4.79 Å². The van der Waals surface area contributed by atoms with Gasteiger partial charge >= 0.3 is 0 Å². The monoisotopic (exact) mass is 402 g/mol. The Hall–Kier alpha value is -2.73. The lowest BCUT2D eigenvalue weighted by atomic mass is 10.1. The molecular formula is C21H27ClN4O2. The number of hydrogen-bond acceptors (Lipinski definition) is 3. The van der Waals surface area contributed by atoms with Crippen molar-refractivity contribution >= 4 is 23.5 Å². The number of rotatable bonds is 8. The minimum Gasteiger partial charge on any atom is -0.489 e. The molecule has 0 spiro atoms. The Bertz CT molecular complexity index is 793. The SMILES string of the molecule is CN=C(NCCc1cccc(C(=O)NC)c1)NCC(C)Oc1ccc(Cl)cc1. The molecule has 2 aromatic rings. The first-order valence-corrected chi connectivity index (χ1v) is 9.57. The van der Waals surface area contributed by atoms with Gasteiger partial charge in [-0.25, -0.2) is 0 Å². The highest BCUT2D eigenvalue weighted by molar-refractivity contribution is 6.30. The van der Waals surface area contributed by atoms with Crippen molar-refractivity contribution in [3.05, 3.63) is 64.7 Å². The number of hydrogen-bond donors (Lipinski definition) is 3. The highest BCUT2D eigenvalue weighted by Crippen LogP contribution is 2.16. The standard InChI is InChI=1S/C21H27ClN4O2/c1-15(28-19-9-7-18(22)8-10-19)14-26-21(24-3)25-12-11-16-5-4-6-17(13-16)20(27)23-2/h4-10,13,15H,11-12,14H2,1-3H3,(H,23,27)(H2,24,25,26). The van der Waals surface area contributed by atoms with Gasteiger partial charge in [0.2, 0.25) is 0 Å². The molecule has 0 aliphatic heterocycles. The Morgan fingerprint density at radius 3 is 2.61 bits per heavy atom. The molecule has 3 N–H and O–H groups in total. The molecule has 28 heavy (non-hydrogen) atoms. The van der Waals surface area contributed by atoms with Crippen LogP contribution < -0.4 is 20.7 Å². The van der Waals surface area contributed by atoms with Crippen molar-refractivity contribution in [3.8, 4) is 5.75 Å². The largest absolute Gasteiger partial charge is 0.489 e. The van der Waals surface area contributed by atoms with E-state index in [0.717, 1.165) is 17.7 Å². The highest BCUT2D eigenvalue weighted by atomic mass is 35.5. The first-order chi connectivity index (χ1) is 13.5.